The minimum absolute atomic E-state index is 0.0945. The van der Waals surface area contributed by atoms with E-state index in [2.05, 4.69) is 26.3 Å². The van der Waals surface area contributed by atoms with Crippen molar-refractivity contribution in [2.45, 2.75) is 26.2 Å². The average molecular weight is 333 g/mol. The van der Waals surface area contributed by atoms with E-state index in [4.69, 9.17) is 0 Å². The number of carbonyl (C=O) groups is 1. The first-order chi connectivity index (χ1) is 12.0. The number of nitriles is 1. The lowest BCUT2D eigenvalue weighted by molar-refractivity contribution is -0.120. The number of fused-ring (bicyclic) bond motifs is 2. The number of carbonyl (C=O) groups excluding carboxylic acids is 1. The highest BCUT2D eigenvalue weighted by atomic mass is 16.2. The van der Waals surface area contributed by atoms with Crippen molar-refractivity contribution < 1.29 is 4.79 Å². The van der Waals surface area contributed by atoms with Gasteiger partial charge in [0.05, 0.1) is 12.0 Å². The number of rotatable bonds is 1. The van der Waals surface area contributed by atoms with Gasteiger partial charge >= 0.3 is 0 Å². The summed E-state index contributed by atoms with van der Waals surface area (Å²) in [5.41, 5.74) is 2.79. The summed E-state index contributed by atoms with van der Waals surface area (Å²) in [5, 5.41) is 12.7. The highest BCUT2D eigenvalue weighted by Crippen LogP contribution is 2.48. The number of para-hydroxylation sites is 1. The number of nitrogens with one attached hydrogen (secondary N) is 1. The van der Waals surface area contributed by atoms with Crippen molar-refractivity contribution in [3.8, 4) is 6.07 Å². The Kier molecular flexibility index (Phi) is 3.29. The lowest BCUT2D eigenvalue weighted by Gasteiger charge is -2.25. The first-order valence-corrected chi connectivity index (χ1v) is 8.34. The van der Waals surface area contributed by atoms with E-state index in [1.165, 1.54) is 0 Å². The van der Waals surface area contributed by atoms with Crippen LogP contribution in [0.2, 0.25) is 0 Å². The molecule has 6 heteroatoms. The SMILES string of the molecule is Cc1nc(C)c(C)c(N2C[C@H](C#N)[C@@]3(C2)C(=O)Nc2ccccc23)n1. The molecule has 2 aromatic rings. The maximum absolute atomic E-state index is 12.9. The molecule has 4 rings (SSSR count). The van der Waals surface area contributed by atoms with E-state index in [1.807, 2.05) is 45.0 Å². The van der Waals surface area contributed by atoms with Gasteiger partial charge in [-0.2, -0.15) is 5.26 Å². The van der Waals surface area contributed by atoms with Gasteiger partial charge in [-0.3, -0.25) is 4.79 Å². The summed E-state index contributed by atoms with van der Waals surface area (Å²) in [6, 6.07) is 10.0. The Balaban J connectivity index is 1.84. The molecule has 0 radical (unpaired) electrons. The summed E-state index contributed by atoms with van der Waals surface area (Å²) in [6.45, 7) is 6.73. The molecule has 0 aliphatic carbocycles. The van der Waals surface area contributed by atoms with E-state index in [0.29, 0.717) is 18.9 Å². The van der Waals surface area contributed by atoms with Gasteiger partial charge in [0.25, 0.3) is 0 Å². The number of anilines is 2. The molecule has 1 aromatic heterocycles. The number of aromatic nitrogens is 2. The predicted octanol–water partition coefficient (Wildman–Crippen LogP) is 2.25. The van der Waals surface area contributed by atoms with Gasteiger partial charge in [-0.15, -0.1) is 0 Å². The molecule has 2 atom stereocenters. The van der Waals surface area contributed by atoms with Crippen molar-refractivity contribution in [1.29, 1.82) is 5.26 Å². The molecule has 25 heavy (non-hydrogen) atoms. The minimum Gasteiger partial charge on any atom is -0.353 e. The number of hydrogen-bond donors (Lipinski definition) is 1. The predicted molar refractivity (Wildman–Crippen MR) is 94.3 cm³/mol. The highest BCUT2D eigenvalue weighted by molar-refractivity contribution is 6.07. The second-order valence-electron chi connectivity index (χ2n) is 6.84. The van der Waals surface area contributed by atoms with E-state index >= 15 is 0 Å². The third-order valence-corrected chi connectivity index (χ3v) is 5.43. The summed E-state index contributed by atoms with van der Waals surface area (Å²) in [4.78, 5) is 24.0. The third kappa shape index (κ3) is 2.05. The number of amides is 1. The monoisotopic (exact) mass is 333 g/mol. The van der Waals surface area contributed by atoms with Gasteiger partial charge in [0.2, 0.25) is 5.91 Å². The van der Waals surface area contributed by atoms with Crippen LogP contribution in [0.3, 0.4) is 0 Å². The number of nitrogens with zero attached hydrogens (tertiary/aromatic N) is 4. The van der Waals surface area contributed by atoms with Crippen LogP contribution in [0.5, 0.6) is 0 Å². The second-order valence-corrected chi connectivity index (χ2v) is 6.84. The average Bonchev–Trinajstić information content (AvgIpc) is 3.11. The van der Waals surface area contributed by atoms with E-state index in [9.17, 15) is 10.1 Å². The van der Waals surface area contributed by atoms with Crippen LogP contribution in [0.1, 0.15) is 22.6 Å². The molecule has 1 saturated heterocycles. The maximum atomic E-state index is 12.9. The molecule has 6 nitrogen and oxygen atoms in total. The molecule has 1 N–H and O–H groups in total. The molecule has 126 valence electrons. The van der Waals surface area contributed by atoms with Gasteiger partial charge < -0.3 is 10.2 Å². The first kappa shape index (κ1) is 15.6. The van der Waals surface area contributed by atoms with Crippen molar-refractivity contribution >= 4 is 17.4 Å². The molecule has 1 fully saturated rings. The van der Waals surface area contributed by atoms with Crippen molar-refractivity contribution in [1.82, 2.24) is 9.97 Å². The first-order valence-electron chi connectivity index (χ1n) is 8.34. The lowest BCUT2D eigenvalue weighted by Crippen LogP contribution is -2.42. The molecule has 3 heterocycles. The highest BCUT2D eigenvalue weighted by Gasteiger charge is 2.58. The third-order valence-electron chi connectivity index (χ3n) is 5.43. The van der Waals surface area contributed by atoms with Crippen LogP contribution in [-0.2, 0) is 10.2 Å². The van der Waals surface area contributed by atoms with E-state index in [0.717, 1.165) is 28.3 Å². The molecular formula is C19H19N5O. The molecule has 1 spiro atoms. The standard InChI is InChI=1S/C19H19N5O/c1-11-12(2)21-13(3)22-17(11)24-9-14(8-20)19(10-24)15-6-4-5-7-16(15)23-18(19)25/h4-7,14H,9-10H2,1-3H3,(H,23,25)/t14-,19+/m0/s1. The zero-order valence-electron chi connectivity index (χ0n) is 14.5. The van der Waals surface area contributed by atoms with Crippen LogP contribution in [0, 0.1) is 38.0 Å². The molecular weight excluding hydrogens is 314 g/mol. The van der Waals surface area contributed by atoms with Crippen LogP contribution < -0.4 is 10.2 Å². The zero-order valence-corrected chi connectivity index (χ0v) is 14.5. The van der Waals surface area contributed by atoms with E-state index < -0.39 is 11.3 Å². The normalized spacial score (nSPS) is 24.3. The number of hydrogen-bond acceptors (Lipinski definition) is 5. The van der Waals surface area contributed by atoms with E-state index in [1.54, 1.807) is 0 Å². The summed E-state index contributed by atoms with van der Waals surface area (Å²) in [5.74, 6) is 0.997. The van der Waals surface area contributed by atoms with E-state index in [-0.39, 0.29) is 5.91 Å². The Labute approximate surface area is 146 Å². The van der Waals surface area contributed by atoms with Crippen LogP contribution in [0.15, 0.2) is 24.3 Å². The van der Waals surface area contributed by atoms with Crippen LogP contribution >= 0.6 is 0 Å². The number of benzene rings is 1. The van der Waals surface area contributed by atoms with Crippen molar-refractivity contribution in [3.63, 3.8) is 0 Å². The lowest BCUT2D eigenvalue weighted by atomic mass is 9.74. The van der Waals surface area contributed by atoms with Gasteiger partial charge in [-0.05, 0) is 32.4 Å². The fourth-order valence-electron chi connectivity index (χ4n) is 4.06. The Hall–Kier alpha value is -2.94. The van der Waals surface area contributed by atoms with Crippen LogP contribution in [0.4, 0.5) is 11.5 Å². The molecule has 2 aliphatic heterocycles. The quantitative estimate of drug-likeness (QED) is 0.865. The van der Waals surface area contributed by atoms with Crippen molar-refractivity contribution in [3.05, 3.63) is 46.9 Å². The molecule has 0 bridgehead atoms. The van der Waals surface area contributed by atoms with Crippen molar-refractivity contribution in [2.75, 3.05) is 23.3 Å². The molecule has 1 amide bonds. The van der Waals surface area contributed by atoms with Crippen LogP contribution in [0.25, 0.3) is 0 Å². The molecule has 2 aliphatic rings. The fraction of sp³-hybridized carbons (Fsp3) is 0.368. The van der Waals surface area contributed by atoms with Gasteiger partial charge in [-0.25, -0.2) is 9.97 Å². The Morgan fingerprint density at radius 2 is 2.04 bits per heavy atom. The van der Waals surface area contributed by atoms with Gasteiger partial charge in [0.1, 0.15) is 17.1 Å². The zero-order chi connectivity index (χ0) is 17.8. The largest absolute Gasteiger partial charge is 0.353 e. The number of aryl methyl sites for hydroxylation is 2. The Bertz CT molecular complexity index is 932. The Morgan fingerprint density at radius 1 is 1.28 bits per heavy atom. The summed E-state index contributed by atoms with van der Waals surface area (Å²) in [6.07, 6.45) is 0. The fourth-order valence-corrected chi connectivity index (χ4v) is 4.06. The Morgan fingerprint density at radius 3 is 2.80 bits per heavy atom. The summed E-state index contributed by atoms with van der Waals surface area (Å²) in [7, 11) is 0. The molecule has 0 unspecified atom stereocenters. The van der Waals surface area contributed by atoms with Crippen LogP contribution in [-0.4, -0.2) is 29.0 Å². The summed E-state index contributed by atoms with van der Waals surface area (Å²) < 4.78 is 0. The second kappa shape index (κ2) is 5.28. The maximum Gasteiger partial charge on any atom is 0.238 e. The molecule has 0 saturated carbocycles. The topological polar surface area (TPSA) is 81.9 Å². The van der Waals surface area contributed by atoms with Gasteiger partial charge in [-0.1, -0.05) is 18.2 Å². The summed E-state index contributed by atoms with van der Waals surface area (Å²) >= 11 is 0. The van der Waals surface area contributed by atoms with Gasteiger partial charge in [0.15, 0.2) is 0 Å². The minimum atomic E-state index is -0.843. The van der Waals surface area contributed by atoms with Gasteiger partial charge in [0, 0.05) is 30.0 Å². The van der Waals surface area contributed by atoms with Crippen molar-refractivity contribution in [2.24, 2.45) is 5.92 Å². The molecule has 1 aromatic carbocycles. The smallest absolute Gasteiger partial charge is 0.238 e.